The molecule has 0 saturated heterocycles. The molecule has 0 bridgehead atoms. The topological polar surface area (TPSA) is 26.0 Å². The Hall–Kier alpha value is -0.0400. The first kappa shape index (κ1) is 36.2. The highest BCUT2D eigenvalue weighted by molar-refractivity contribution is 4.29. The van der Waals surface area contributed by atoms with E-state index in [1.165, 1.54) is 12.8 Å². The third-order valence-electron chi connectivity index (χ3n) is 0.558. The third-order valence-corrected chi connectivity index (χ3v) is 0.558. The van der Waals surface area contributed by atoms with Gasteiger partial charge in [-0.1, -0.05) is 43.1 Å². The summed E-state index contributed by atoms with van der Waals surface area (Å²) in [4.78, 5) is 0. The van der Waals surface area contributed by atoms with E-state index in [9.17, 15) is 0 Å². The zero-order valence-electron chi connectivity index (χ0n) is 3.70. The van der Waals surface area contributed by atoms with Crippen LogP contribution in [0.1, 0.15) is 49.5 Å². The molecule has 1 heteroatoms. The van der Waals surface area contributed by atoms with E-state index in [0.29, 0.717) is 0 Å². The molecule has 0 rings (SSSR count). The summed E-state index contributed by atoms with van der Waals surface area (Å²) >= 11 is 0. The van der Waals surface area contributed by atoms with E-state index in [-0.39, 0.29) is 29.7 Å². The van der Waals surface area contributed by atoms with Crippen molar-refractivity contribution in [2.75, 3.05) is 6.54 Å². The van der Waals surface area contributed by atoms with Gasteiger partial charge in [0, 0.05) is 0 Å². The van der Waals surface area contributed by atoms with E-state index in [1.807, 2.05) is 0 Å². The molecule has 0 aliphatic heterocycles. The fourth-order valence-corrected chi connectivity index (χ4v) is 0.204. The summed E-state index contributed by atoms with van der Waals surface area (Å²) in [5, 5.41) is 0. The maximum atomic E-state index is 5.14. The molecule has 0 aromatic carbocycles. The molecule has 0 aliphatic carbocycles. The predicted octanol–water partition coefficient (Wildman–Crippen LogP) is 3.29. The molecule has 1 nitrogen and oxygen atoms in total. The first-order valence-corrected chi connectivity index (χ1v) is 2.12. The smallest absolute Gasteiger partial charge is 0.00774 e. The highest BCUT2D eigenvalue weighted by Gasteiger charge is 1.67. The van der Waals surface area contributed by atoms with Gasteiger partial charge in [-0.2, -0.15) is 0 Å². The van der Waals surface area contributed by atoms with Crippen LogP contribution in [-0.4, -0.2) is 6.54 Å². The molecule has 0 fully saturated rings. The van der Waals surface area contributed by atoms with Crippen molar-refractivity contribution >= 4 is 0 Å². The van der Waals surface area contributed by atoms with Crippen LogP contribution in [0, 0.1) is 0 Å². The van der Waals surface area contributed by atoms with Crippen LogP contribution in [0.2, 0.25) is 0 Å². The minimum absolute atomic E-state index is 0. The predicted molar refractivity (Wildman–Crippen MR) is 50.9 cm³/mol. The normalized spacial score (nSPS) is 4.67. The largest absolute Gasteiger partial charge is 0.330 e. The summed E-state index contributed by atoms with van der Waals surface area (Å²) < 4.78 is 0. The lowest BCUT2D eigenvalue weighted by Gasteiger charge is -1.80. The molecule has 0 aliphatic rings. The molecular weight excluding hydrogens is 110 g/mol. The van der Waals surface area contributed by atoms with Gasteiger partial charge in [-0.3, -0.25) is 0 Å². The Morgan fingerprint density at radius 2 is 1.33 bits per heavy atom. The molecule has 0 radical (unpaired) electrons. The van der Waals surface area contributed by atoms with Crippen LogP contribution in [0.25, 0.3) is 0 Å². The summed E-state index contributed by atoms with van der Waals surface area (Å²) in [6.07, 6.45) is 2.39. The van der Waals surface area contributed by atoms with Gasteiger partial charge in [-0.15, -0.1) is 0 Å². The minimum atomic E-state index is 0. The second kappa shape index (κ2) is 44.0. The average Bonchev–Trinajstić information content (AvgIpc) is 1.41. The molecule has 0 amide bonds. The van der Waals surface area contributed by atoms with Crippen molar-refractivity contribution in [2.45, 2.75) is 49.5 Å². The fourth-order valence-electron chi connectivity index (χ4n) is 0.204. The van der Waals surface area contributed by atoms with Gasteiger partial charge in [0.25, 0.3) is 0 Å². The van der Waals surface area contributed by atoms with Gasteiger partial charge in [0.1, 0.15) is 0 Å². The molecule has 0 aromatic rings. The van der Waals surface area contributed by atoms with Gasteiger partial charge in [-0.05, 0) is 13.0 Å². The SMILES string of the molecule is C.C.C.C.CCCCN. The van der Waals surface area contributed by atoms with Gasteiger partial charge in [0.05, 0.1) is 0 Å². The number of rotatable bonds is 2. The first-order valence-electron chi connectivity index (χ1n) is 2.12. The number of nitrogens with two attached hydrogens (primary N) is 1. The maximum absolute atomic E-state index is 5.14. The quantitative estimate of drug-likeness (QED) is 0.621. The summed E-state index contributed by atoms with van der Waals surface area (Å²) in [7, 11) is 0. The van der Waals surface area contributed by atoms with Crippen LogP contribution >= 0.6 is 0 Å². The molecule has 0 saturated carbocycles. The molecule has 0 unspecified atom stereocenters. The average molecular weight is 137 g/mol. The fraction of sp³-hybridized carbons (Fsp3) is 1.00. The van der Waals surface area contributed by atoms with Crippen molar-refractivity contribution in [3.05, 3.63) is 0 Å². The highest BCUT2D eigenvalue weighted by atomic mass is 14.5. The van der Waals surface area contributed by atoms with Crippen LogP contribution in [0.5, 0.6) is 0 Å². The molecular formula is C8H27N. The Morgan fingerprint density at radius 3 is 1.33 bits per heavy atom. The van der Waals surface area contributed by atoms with Crippen molar-refractivity contribution in [3.63, 3.8) is 0 Å². The van der Waals surface area contributed by atoms with E-state index < -0.39 is 0 Å². The second-order valence-corrected chi connectivity index (χ2v) is 1.14. The van der Waals surface area contributed by atoms with Gasteiger partial charge >= 0.3 is 0 Å². The van der Waals surface area contributed by atoms with Crippen LogP contribution in [-0.2, 0) is 0 Å². The molecule has 0 heterocycles. The second-order valence-electron chi connectivity index (χ2n) is 1.14. The number of hydrogen-bond donors (Lipinski definition) is 1. The van der Waals surface area contributed by atoms with E-state index >= 15 is 0 Å². The summed E-state index contributed by atoms with van der Waals surface area (Å²) in [6, 6.07) is 0. The molecule has 0 spiro atoms. The van der Waals surface area contributed by atoms with Crippen LogP contribution in [0.4, 0.5) is 0 Å². The highest BCUT2D eigenvalue weighted by Crippen LogP contribution is 1.77. The zero-order chi connectivity index (χ0) is 4.12. The third kappa shape index (κ3) is 73.6. The van der Waals surface area contributed by atoms with Gasteiger partial charge in [-0.25, -0.2) is 0 Å². The zero-order valence-corrected chi connectivity index (χ0v) is 3.70. The van der Waals surface area contributed by atoms with Crippen molar-refractivity contribution in [2.24, 2.45) is 5.73 Å². The standard InChI is InChI=1S/C4H11N.4CH4/c1-2-3-4-5;;;;/h2-5H2,1H3;4*1H4. The summed E-state index contributed by atoms with van der Waals surface area (Å²) in [6.45, 7) is 2.98. The van der Waals surface area contributed by atoms with E-state index in [0.717, 1.165) is 6.54 Å². The van der Waals surface area contributed by atoms with E-state index in [4.69, 9.17) is 5.73 Å². The van der Waals surface area contributed by atoms with Gasteiger partial charge < -0.3 is 5.73 Å². The van der Waals surface area contributed by atoms with Crippen molar-refractivity contribution in [3.8, 4) is 0 Å². The van der Waals surface area contributed by atoms with Crippen LogP contribution in [0.3, 0.4) is 0 Å². The summed E-state index contributed by atoms with van der Waals surface area (Å²) in [5.41, 5.74) is 5.14. The lowest BCUT2D eigenvalue weighted by Crippen LogP contribution is -1.95. The molecule has 9 heavy (non-hydrogen) atoms. The Morgan fingerprint density at radius 1 is 1.00 bits per heavy atom. The molecule has 0 atom stereocenters. The van der Waals surface area contributed by atoms with Crippen LogP contribution in [0.15, 0.2) is 0 Å². The van der Waals surface area contributed by atoms with Crippen molar-refractivity contribution < 1.29 is 0 Å². The summed E-state index contributed by atoms with van der Waals surface area (Å²) in [5.74, 6) is 0. The Bertz CT molecular complexity index is 12.0. The number of hydrogen-bond acceptors (Lipinski definition) is 1. The Labute approximate surface area is 62.7 Å². The van der Waals surface area contributed by atoms with Gasteiger partial charge in [0.2, 0.25) is 0 Å². The van der Waals surface area contributed by atoms with E-state index in [2.05, 4.69) is 6.92 Å². The molecule has 0 aromatic heterocycles. The van der Waals surface area contributed by atoms with E-state index in [1.54, 1.807) is 0 Å². The van der Waals surface area contributed by atoms with Gasteiger partial charge in [0.15, 0.2) is 0 Å². The Balaban J connectivity index is -0.0000000133. The lowest BCUT2D eigenvalue weighted by atomic mass is 10.3. The minimum Gasteiger partial charge on any atom is -0.330 e. The van der Waals surface area contributed by atoms with Crippen LogP contribution < -0.4 is 5.73 Å². The van der Waals surface area contributed by atoms with Crippen molar-refractivity contribution in [1.82, 2.24) is 0 Å². The Kier molecular flexibility index (Phi) is 177. The first-order chi connectivity index (χ1) is 2.41. The molecule has 64 valence electrons. The number of unbranched alkanes of at least 4 members (excludes halogenated alkanes) is 1. The monoisotopic (exact) mass is 137 g/mol. The van der Waals surface area contributed by atoms with Crippen molar-refractivity contribution in [1.29, 1.82) is 0 Å². The molecule has 2 N–H and O–H groups in total. The lowest BCUT2D eigenvalue weighted by molar-refractivity contribution is 0.807. The maximum Gasteiger partial charge on any atom is -0.00774 e.